The summed E-state index contributed by atoms with van der Waals surface area (Å²) in [6, 6.07) is 18.5. The number of carbonyl (C=O) groups excluding carboxylic acids is 4. The maximum absolute atomic E-state index is 13.1. The van der Waals surface area contributed by atoms with Gasteiger partial charge in [0.15, 0.2) is 0 Å². The maximum Gasteiger partial charge on any atom is 2.00 e. The molecule has 1 saturated heterocycles. The van der Waals surface area contributed by atoms with E-state index in [1.165, 1.54) is 9.80 Å². The summed E-state index contributed by atoms with van der Waals surface area (Å²) in [6.07, 6.45) is 5.82. The number of nitrogens with one attached hydrogen (secondary N) is 2. The van der Waals surface area contributed by atoms with Crippen LogP contribution in [0.2, 0.25) is 0 Å². The van der Waals surface area contributed by atoms with E-state index in [0.29, 0.717) is 59.2 Å². The molecule has 4 aromatic carbocycles. The summed E-state index contributed by atoms with van der Waals surface area (Å²) in [5.41, 5.74) is 5.36. The van der Waals surface area contributed by atoms with E-state index in [1.807, 2.05) is 62.6 Å². The molecule has 3 aliphatic rings. The number of amides is 4. The molecule has 0 aliphatic carbocycles. The zero-order valence-corrected chi connectivity index (χ0v) is 40.7. The first-order valence-electron chi connectivity index (χ1n) is 22.1. The fourth-order valence-electron chi connectivity index (χ4n) is 8.79. The number of imide groups is 2. The molecule has 0 atom stereocenters. The van der Waals surface area contributed by atoms with Gasteiger partial charge in [-0.2, -0.15) is 0 Å². The van der Waals surface area contributed by atoms with Crippen molar-refractivity contribution in [1.29, 1.82) is 0 Å². The van der Waals surface area contributed by atoms with Gasteiger partial charge in [-0.05, 0) is 89.3 Å². The fraction of sp³-hybridized carbons (Fsp3) is 0.364. The summed E-state index contributed by atoms with van der Waals surface area (Å²) in [7, 11) is -9.89. The molecule has 0 unspecified atom stereocenters. The molecule has 2 aromatic heterocycles. The van der Waals surface area contributed by atoms with Crippen LogP contribution in [0.4, 0.5) is 0 Å². The van der Waals surface area contributed by atoms with Crippen LogP contribution in [0.3, 0.4) is 0 Å². The molecule has 381 valence electrons. The molecule has 0 spiro atoms. The van der Waals surface area contributed by atoms with E-state index in [0.717, 1.165) is 98.7 Å². The molecular weight excluding hydrogens is 1020 g/mol. The monoisotopic (exact) mass is 1070 g/mol. The predicted octanol–water partition coefficient (Wildman–Crippen LogP) is -5.85. The van der Waals surface area contributed by atoms with Crippen molar-refractivity contribution < 1.29 is 94.0 Å². The Morgan fingerprint density at radius 3 is 1.21 bits per heavy atom. The van der Waals surface area contributed by atoms with Gasteiger partial charge in [-0.1, -0.05) is 34.7 Å². The third-order valence-corrected chi connectivity index (χ3v) is 11.8. The number of carbonyl (C=O) groups is 4. The molecule has 4 amide bonds. The normalized spacial score (nSPS) is 16.5. The zero-order valence-electron chi connectivity index (χ0n) is 38.3. The van der Waals surface area contributed by atoms with Gasteiger partial charge in [-0.3, -0.25) is 38.8 Å². The van der Waals surface area contributed by atoms with Crippen molar-refractivity contribution in [3.05, 3.63) is 107 Å². The number of hydrogen-bond donors (Lipinski definition) is 2. The van der Waals surface area contributed by atoms with Crippen LogP contribution in [0.15, 0.2) is 73.1 Å². The smallest absolute Gasteiger partial charge is 0.315 e. The molecule has 27 heteroatoms. The van der Waals surface area contributed by atoms with E-state index in [4.69, 9.17) is 37.3 Å². The van der Waals surface area contributed by atoms with E-state index in [2.05, 4.69) is 41.1 Å². The number of benzene rings is 4. The van der Waals surface area contributed by atoms with Gasteiger partial charge in [0, 0.05) is 96.2 Å². The molecule has 1 radical (unpaired) electrons. The Hall–Kier alpha value is -5.42. The average molecular weight is 1070 g/mol. The van der Waals surface area contributed by atoms with Crippen LogP contribution in [0.25, 0.3) is 32.9 Å². The number of nitrogens with zero attached hydrogens (tertiary/aromatic N) is 10. The van der Waals surface area contributed by atoms with Gasteiger partial charge in [-0.15, -0.1) is 30.7 Å². The van der Waals surface area contributed by atoms with Crippen molar-refractivity contribution in [3.63, 3.8) is 0 Å². The van der Waals surface area contributed by atoms with Crippen LogP contribution in [0.1, 0.15) is 79.5 Å². The summed E-state index contributed by atoms with van der Waals surface area (Å²) < 4.78 is 71.4. The first kappa shape index (κ1) is 54.9. The van der Waals surface area contributed by atoms with Gasteiger partial charge in [0.05, 0.1) is 35.2 Å². The minimum absolute atomic E-state index is 0. The fourth-order valence-corrected chi connectivity index (χ4v) is 8.79. The Balaban J connectivity index is 0.000000684. The molecule has 0 saturated carbocycles. The molecular formula is C44H48Cl2CuN12O12. The molecule has 3 aliphatic heterocycles. The van der Waals surface area contributed by atoms with E-state index in [9.17, 15) is 19.2 Å². The van der Waals surface area contributed by atoms with Crippen molar-refractivity contribution in [3.8, 4) is 11.4 Å². The number of aromatic nitrogens is 6. The second kappa shape index (κ2) is 23.9. The van der Waals surface area contributed by atoms with Crippen LogP contribution in [-0.2, 0) is 30.2 Å². The first-order valence-corrected chi connectivity index (χ1v) is 24.6. The Labute approximate surface area is 421 Å². The Bertz CT molecular complexity index is 2610. The zero-order chi connectivity index (χ0) is 50.3. The SMILES string of the molecule is CCN1C(=O)c2cccc3c(-n4cc(CN5CCCNCCN(Cc6cn(-c7ccc8c9c(cccc79)C(=O)N(CC)C8=O)nn6)CCCNCC5)nn4)ccc(c23)C1=O.[Cu+2].[O-][Cl+3]([O-])([O-])[O-].[O-][Cl+3]([O-])([O-])[O-]. The summed E-state index contributed by atoms with van der Waals surface area (Å²) in [5.74, 6) is -1.08. The Morgan fingerprint density at radius 1 is 0.507 bits per heavy atom. The molecule has 0 bridgehead atoms. The third kappa shape index (κ3) is 13.6. The quantitative estimate of drug-likeness (QED) is 0.106. The Morgan fingerprint density at radius 2 is 0.859 bits per heavy atom. The second-order valence-electron chi connectivity index (χ2n) is 16.3. The molecule has 5 heterocycles. The minimum Gasteiger partial charge on any atom is -0.315 e. The summed E-state index contributed by atoms with van der Waals surface area (Å²) in [5, 5.41) is 28.2. The van der Waals surface area contributed by atoms with E-state index >= 15 is 0 Å². The molecule has 2 N–H and O–H groups in total. The van der Waals surface area contributed by atoms with Crippen LogP contribution < -0.4 is 47.9 Å². The van der Waals surface area contributed by atoms with Crippen molar-refractivity contribution in [2.24, 2.45) is 0 Å². The third-order valence-electron chi connectivity index (χ3n) is 11.8. The van der Waals surface area contributed by atoms with E-state index < -0.39 is 20.5 Å². The maximum atomic E-state index is 13.1. The number of rotatable bonds is 8. The summed E-state index contributed by atoms with van der Waals surface area (Å²) >= 11 is 0. The molecule has 9 rings (SSSR count). The van der Waals surface area contributed by atoms with E-state index in [1.54, 1.807) is 33.6 Å². The summed E-state index contributed by atoms with van der Waals surface area (Å²) in [6.45, 7) is 12.5. The molecule has 24 nitrogen and oxygen atoms in total. The van der Waals surface area contributed by atoms with Gasteiger partial charge >= 0.3 is 17.1 Å². The van der Waals surface area contributed by atoms with Crippen molar-refractivity contribution in [1.82, 2.24) is 60.2 Å². The van der Waals surface area contributed by atoms with Gasteiger partial charge < -0.3 is 10.6 Å². The van der Waals surface area contributed by atoms with Crippen molar-refractivity contribution >= 4 is 45.2 Å². The van der Waals surface area contributed by atoms with Gasteiger partial charge in [0.2, 0.25) is 0 Å². The van der Waals surface area contributed by atoms with Crippen LogP contribution >= 0.6 is 0 Å². The first-order chi connectivity index (χ1) is 33.3. The predicted molar refractivity (Wildman–Crippen MR) is 225 cm³/mol. The average Bonchev–Trinajstić information content (AvgIpc) is 3.98. The van der Waals surface area contributed by atoms with Crippen LogP contribution in [0.5, 0.6) is 0 Å². The Kier molecular flexibility index (Phi) is 18.5. The van der Waals surface area contributed by atoms with E-state index in [-0.39, 0.29) is 40.7 Å². The largest absolute Gasteiger partial charge is 2.00 e. The van der Waals surface area contributed by atoms with Crippen molar-refractivity contribution in [2.45, 2.75) is 39.8 Å². The van der Waals surface area contributed by atoms with Gasteiger partial charge in [0.1, 0.15) is 0 Å². The van der Waals surface area contributed by atoms with Crippen LogP contribution in [0, 0.1) is 20.5 Å². The van der Waals surface area contributed by atoms with Crippen molar-refractivity contribution in [2.75, 3.05) is 65.4 Å². The topological polar surface area (TPSA) is 351 Å². The number of halogens is 2. The molecule has 6 aromatic rings. The second-order valence-corrected chi connectivity index (χ2v) is 17.8. The minimum atomic E-state index is -4.94. The molecule has 71 heavy (non-hydrogen) atoms. The molecule has 1 fully saturated rings. The van der Waals surface area contributed by atoms with Gasteiger partial charge in [-0.25, -0.2) is 46.6 Å². The number of hydrogen-bond acceptors (Lipinski definition) is 20. The standard InChI is InChI=1S/C44H48N12O4.2ClHO4.Cu/c1-3-53-41(57)33-11-5-9-31-37(15-13-35(39(31)33)43(53)59)55-27-29(47-49-55)25-51-21-7-17-46-20-24-52(22-8-18-45-19-23-51)26-30-28-56(50-48-30)38-16-14-36-40-32(38)10-6-12-34(40)42(58)54(4-2)44(36)60;2*2-1(3,4)5;/h5-6,9-16,27-28,45-46H,3-4,7-8,17-26H2,1-2H3;2*(H,2,3,4,5);/q;;;+2/p-2. The summed E-state index contributed by atoms with van der Waals surface area (Å²) in [4.78, 5) is 59.9. The van der Waals surface area contributed by atoms with Gasteiger partial charge in [0.25, 0.3) is 23.6 Å². The van der Waals surface area contributed by atoms with Crippen LogP contribution in [-0.4, -0.2) is 139 Å².